The predicted molar refractivity (Wildman–Crippen MR) is 70.2 cm³/mol. The summed E-state index contributed by atoms with van der Waals surface area (Å²) < 4.78 is 12.9. The molecule has 1 N–H and O–H groups in total. The van der Waals surface area contributed by atoms with Gasteiger partial charge in [0.1, 0.15) is 11.2 Å². The number of anilines is 1. The van der Waals surface area contributed by atoms with Gasteiger partial charge in [-0.2, -0.15) is 0 Å². The molecule has 1 aliphatic rings. The monoisotopic (exact) mass is 264 g/mol. The van der Waals surface area contributed by atoms with Gasteiger partial charge in [-0.1, -0.05) is 0 Å². The number of hydrogen-bond acceptors (Lipinski definition) is 2. The van der Waals surface area contributed by atoms with E-state index < -0.39 is 5.41 Å². The van der Waals surface area contributed by atoms with Crippen molar-refractivity contribution in [1.82, 2.24) is 5.32 Å². The van der Waals surface area contributed by atoms with Crippen molar-refractivity contribution in [3.05, 3.63) is 30.1 Å². The smallest absolute Gasteiger partial charge is 0.242 e. The van der Waals surface area contributed by atoms with Gasteiger partial charge in [0.25, 0.3) is 0 Å². The van der Waals surface area contributed by atoms with E-state index in [4.69, 9.17) is 0 Å². The van der Waals surface area contributed by atoms with Crippen LogP contribution in [-0.2, 0) is 9.59 Å². The molecule has 0 radical (unpaired) electrons. The molecule has 4 nitrogen and oxygen atoms in total. The lowest BCUT2D eigenvalue weighted by Gasteiger charge is -2.38. The Kier molecular flexibility index (Phi) is 3.55. The number of nitrogens with one attached hydrogen (secondary N) is 1. The van der Waals surface area contributed by atoms with Crippen LogP contribution in [-0.4, -0.2) is 25.4 Å². The molecule has 2 amide bonds. The molecule has 1 aromatic rings. The van der Waals surface area contributed by atoms with Gasteiger partial charge in [0, 0.05) is 19.3 Å². The van der Waals surface area contributed by atoms with Gasteiger partial charge in [0.15, 0.2) is 0 Å². The second kappa shape index (κ2) is 4.99. The summed E-state index contributed by atoms with van der Waals surface area (Å²) in [6.07, 6.45) is 1.27. The third kappa shape index (κ3) is 2.32. The van der Waals surface area contributed by atoms with Gasteiger partial charge in [0.2, 0.25) is 11.8 Å². The van der Waals surface area contributed by atoms with E-state index >= 15 is 0 Å². The van der Waals surface area contributed by atoms with Crippen LogP contribution in [0.25, 0.3) is 0 Å². The molecule has 1 heterocycles. The Morgan fingerprint density at radius 2 is 2.00 bits per heavy atom. The molecule has 1 saturated heterocycles. The van der Waals surface area contributed by atoms with E-state index in [9.17, 15) is 14.0 Å². The Hall–Kier alpha value is -1.91. The molecule has 0 aromatic heterocycles. The lowest BCUT2D eigenvalue weighted by atomic mass is 9.80. The van der Waals surface area contributed by atoms with Crippen LogP contribution in [0.1, 0.15) is 19.8 Å². The summed E-state index contributed by atoms with van der Waals surface area (Å²) in [6, 6.07) is 5.74. The quantitative estimate of drug-likeness (QED) is 0.827. The number of hydrogen-bond donors (Lipinski definition) is 1. The molecule has 0 aliphatic carbocycles. The van der Waals surface area contributed by atoms with Gasteiger partial charge >= 0.3 is 0 Å². The number of carbonyl (C=O) groups excluding carboxylic acids is 2. The van der Waals surface area contributed by atoms with Crippen LogP contribution in [0.4, 0.5) is 10.1 Å². The summed E-state index contributed by atoms with van der Waals surface area (Å²) in [4.78, 5) is 26.0. The Labute approximate surface area is 111 Å². The van der Waals surface area contributed by atoms with Crippen molar-refractivity contribution in [3.63, 3.8) is 0 Å². The van der Waals surface area contributed by atoms with Crippen molar-refractivity contribution in [2.24, 2.45) is 5.41 Å². The van der Waals surface area contributed by atoms with E-state index in [0.717, 1.165) is 6.42 Å². The highest BCUT2D eigenvalue weighted by atomic mass is 19.1. The minimum absolute atomic E-state index is 0.232. The fourth-order valence-electron chi connectivity index (χ4n) is 2.45. The summed E-state index contributed by atoms with van der Waals surface area (Å²) in [6.45, 7) is 2.21. The van der Waals surface area contributed by atoms with E-state index in [1.165, 1.54) is 19.2 Å². The largest absolute Gasteiger partial charge is 0.358 e. The molecule has 0 spiro atoms. The van der Waals surface area contributed by atoms with Crippen LogP contribution in [0.5, 0.6) is 0 Å². The minimum atomic E-state index is -1.04. The maximum absolute atomic E-state index is 12.9. The van der Waals surface area contributed by atoms with Crippen LogP contribution >= 0.6 is 0 Å². The molecule has 0 unspecified atom stereocenters. The molecule has 0 saturated carbocycles. The van der Waals surface area contributed by atoms with E-state index in [1.807, 2.05) is 0 Å². The fourth-order valence-corrected chi connectivity index (χ4v) is 2.45. The van der Waals surface area contributed by atoms with Gasteiger partial charge in [-0.25, -0.2) is 4.39 Å². The molecule has 5 heteroatoms. The van der Waals surface area contributed by atoms with Gasteiger partial charge in [-0.05, 0) is 44.0 Å². The first-order valence-corrected chi connectivity index (χ1v) is 6.29. The lowest BCUT2D eigenvalue weighted by Crippen LogP contribution is -2.54. The summed E-state index contributed by atoms with van der Waals surface area (Å²) >= 11 is 0. The van der Waals surface area contributed by atoms with Gasteiger partial charge in [-0.15, -0.1) is 0 Å². The summed E-state index contributed by atoms with van der Waals surface area (Å²) in [5.74, 6) is -0.851. The van der Waals surface area contributed by atoms with Gasteiger partial charge in [-0.3, -0.25) is 9.59 Å². The third-order valence-electron chi connectivity index (χ3n) is 3.64. The molecule has 1 fully saturated rings. The average Bonchev–Trinajstić information content (AvgIpc) is 2.42. The number of nitrogens with zero attached hydrogens (tertiary/aromatic N) is 1. The maximum Gasteiger partial charge on any atom is 0.242 e. The van der Waals surface area contributed by atoms with Crippen LogP contribution in [0.15, 0.2) is 24.3 Å². The van der Waals surface area contributed by atoms with Gasteiger partial charge < -0.3 is 10.2 Å². The number of piperidine rings is 1. The standard InChI is InChI=1S/C14H17FN2O2/c1-14(12(18)16-2)8-3-9-17(13(14)19)11-6-4-10(15)5-7-11/h4-7H,3,8-9H2,1-2H3,(H,16,18)/t14-/m1/s1. The first-order chi connectivity index (χ1) is 8.99. The number of amides is 2. The third-order valence-corrected chi connectivity index (χ3v) is 3.64. The second-order valence-electron chi connectivity index (χ2n) is 4.95. The number of rotatable bonds is 2. The van der Waals surface area contributed by atoms with Crippen LogP contribution in [0, 0.1) is 11.2 Å². The summed E-state index contributed by atoms with van der Waals surface area (Å²) in [7, 11) is 1.53. The van der Waals surface area contributed by atoms with E-state index in [0.29, 0.717) is 18.7 Å². The average molecular weight is 264 g/mol. The molecule has 0 bridgehead atoms. The fraction of sp³-hybridized carbons (Fsp3) is 0.429. The number of halogens is 1. The second-order valence-corrected chi connectivity index (χ2v) is 4.95. The highest BCUT2D eigenvalue weighted by Crippen LogP contribution is 2.33. The summed E-state index contributed by atoms with van der Waals surface area (Å²) in [5, 5.41) is 2.54. The molecule has 102 valence electrons. The van der Waals surface area contributed by atoms with Crippen LogP contribution in [0.2, 0.25) is 0 Å². The van der Waals surface area contributed by atoms with Crippen molar-refractivity contribution in [2.75, 3.05) is 18.5 Å². The van der Waals surface area contributed by atoms with Crippen molar-refractivity contribution in [3.8, 4) is 0 Å². The van der Waals surface area contributed by atoms with Gasteiger partial charge in [0.05, 0.1) is 0 Å². The molecule has 1 aliphatic heterocycles. The Morgan fingerprint density at radius 3 is 2.58 bits per heavy atom. The van der Waals surface area contributed by atoms with Crippen molar-refractivity contribution < 1.29 is 14.0 Å². The maximum atomic E-state index is 12.9. The van der Waals surface area contributed by atoms with Crippen molar-refractivity contribution >= 4 is 17.5 Å². The lowest BCUT2D eigenvalue weighted by molar-refractivity contribution is -0.142. The predicted octanol–water partition coefficient (Wildman–Crippen LogP) is 1.70. The molecular formula is C14H17FN2O2. The van der Waals surface area contributed by atoms with E-state index in [1.54, 1.807) is 24.0 Å². The highest BCUT2D eigenvalue weighted by molar-refractivity contribution is 6.11. The summed E-state index contributed by atoms with van der Waals surface area (Å²) in [5.41, 5.74) is -0.414. The van der Waals surface area contributed by atoms with Crippen LogP contribution in [0.3, 0.4) is 0 Å². The first kappa shape index (κ1) is 13.5. The van der Waals surface area contributed by atoms with Crippen molar-refractivity contribution in [1.29, 1.82) is 0 Å². The highest BCUT2D eigenvalue weighted by Gasteiger charge is 2.45. The Balaban J connectivity index is 2.30. The van der Waals surface area contributed by atoms with Crippen LogP contribution < -0.4 is 10.2 Å². The number of benzene rings is 1. The molecule has 1 atom stereocenters. The normalized spacial score (nSPS) is 23.3. The zero-order chi connectivity index (χ0) is 14.0. The molecule has 1 aromatic carbocycles. The Bertz CT molecular complexity index is 501. The molecular weight excluding hydrogens is 247 g/mol. The van der Waals surface area contributed by atoms with Crippen molar-refractivity contribution in [2.45, 2.75) is 19.8 Å². The topological polar surface area (TPSA) is 49.4 Å². The SMILES string of the molecule is CNC(=O)[C@@]1(C)CCCN(c2ccc(F)cc2)C1=O. The zero-order valence-corrected chi connectivity index (χ0v) is 11.1. The first-order valence-electron chi connectivity index (χ1n) is 6.29. The number of carbonyl (C=O) groups is 2. The molecule has 2 rings (SSSR count). The van der Waals surface area contributed by atoms with E-state index in [2.05, 4.69) is 5.32 Å². The Morgan fingerprint density at radius 1 is 1.37 bits per heavy atom. The minimum Gasteiger partial charge on any atom is -0.358 e. The zero-order valence-electron chi connectivity index (χ0n) is 11.1. The molecule has 19 heavy (non-hydrogen) atoms. The van der Waals surface area contributed by atoms with E-state index in [-0.39, 0.29) is 17.6 Å².